The monoisotopic (exact) mass is 244 g/mol. The summed E-state index contributed by atoms with van der Waals surface area (Å²) in [4.78, 5) is 25.5. The number of benzene rings is 1. The first-order valence-corrected chi connectivity index (χ1v) is 6.42. The lowest BCUT2D eigenvalue weighted by atomic mass is 9.89. The molecule has 0 aromatic heterocycles. The molecule has 3 heteroatoms. The highest BCUT2D eigenvalue weighted by Crippen LogP contribution is 2.28. The van der Waals surface area contributed by atoms with Gasteiger partial charge < -0.3 is 0 Å². The Balaban J connectivity index is 2.14. The van der Waals surface area contributed by atoms with Crippen LogP contribution in [0.25, 0.3) is 0 Å². The van der Waals surface area contributed by atoms with Gasteiger partial charge in [-0.05, 0) is 18.4 Å². The van der Waals surface area contributed by atoms with Crippen molar-refractivity contribution in [1.82, 2.24) is 4.90 Å². The number of nitrogens with zero attached hydrogens (tertiary/aromatic N) is 1. The molecule has 1 saturated heterocycles. The molecule has 95 valence electrons. The number of unbranched alkanes of at least 4 members (excludes halogenated alkanes) is 1. The van der Waals surface area contributed by atoms with Crippen molar-refractivity contribution < 1.29 is 9.59 Å². The van der Waals surface area contributed by atoms with Gasteiger partial charge in [0.05, 0.1) is 5.92 Å². The second-order valence-electron chi connectivity index (χ2n) is 4.59. The SMILES string of the molecule is [CH2]CCCN1C(=O)CCC(c2ccccc2)C1=O. The summed E-state index contributed by atoms with van der Waals surface area (Å²) in [6, 6.07) is 9.71. The quantitative estimate of drug-likeness (QED) is 0.763. The second kappa shape index (κ2) is 5.80. The standard InChI is InChI=1S/C15H18NO2/c1-2-3-11-16-14(17)10-9-13(15(16)18)12-7-5-4-6-8-12/h4-8,13H,1-3,9-11H2. The smallest absolute Gasteiger partial charge is 0.236 e. The first kappa shape index (κ1) is 12.8. The molecule has 1 unspecified atom stereocenters. The molecule has 2 amide bonds. The molecule has 1 aromatic carbocycles. The minimum atomic E-state index is -0.159. The summed E-state index contributed by atoms with van der Waals surface area (Å²) in [7, 11) is 0. The fourth-order valence-corrected chi connectivity index (χ4v) is 2.34. The van der Waals surface area contributed by atoms with E-state index >= 15 is 0 Å². The predicted octanol–water partition coefficient (Wildman–Crippen LogP) is 2.53. The molecular formula is C15H18NO2. The molecule has 2 rings (SSSR count). The van der Waals surface area contributed by atoms with Crippen LogP contribution in [0.15, 0.2) is 30.3 Å². The van der Waals surface area contributed by atoms with Gasteiger partial charge in [0.1, 0.15) is 0 Å². The molecule has 0 bridgehead atoms. The van der Waals surface area contributed by atoms with Crippen LogP contribution in [0.2, 0.25) is 0 Å². The zero-order valence-corrected chi connectivity index (χ0v) is 10.5. The number of hydrogen-bond donors (Lipinski definition) is 0. The molecule has 0 aliphatic carbocycles. The van der Waals surface area contributed by atoms with Crippen molar-refractivity contribution in [3.05, 3.63) is 42.8 Å². The van der Waals surface area contributed by atoms with E-state index in [1.165, 1.54) is 4.90 Å². The van der Waals surface area contributed by atoms with Crippen molar-refractivity contribution in [3.63, 3.8) is 0 Å². The van der Waals surface area contributed by atoms with Crippen molar-refractivity contribution in [2.45, 2.75) is 31.6 Å². The maximum absolute atomic E-state index is 12.3. The van der Waals surface area contributed by atoms with Crippen LogP contribution in [0.1, 0.15) is 37.2 Å². The zero-order chi connectivity index (χ0) is 13.0. The van der Waals surface area contributed by atoms with Crippen LogP contribution in [0.5, 0.6) is 0 Å². The Labute approximate surface area is 108 Å². The third-order valence-electron chi connectivity index (χ3n) is 3.35. The van der Waals surface area contributed by atoms with Gasteiger partial charge in [-0.15, -0.1) is 0 Å². The Morgan fingerprint density at radius 2 is 1.94 bits per heavy atom. The van der Waals surface area contributed by atoms with Crippen LogP contribution in [0, 0.1) is 6.92 Å². The van der Waals surface area contributed by atoms with Crippen molar-refractivity contribution in [1.29, 1.82) is 0 Å². The fourth-order valence-electron chi connectivity index (χ4n) is 2.34. The van der Waals surface area contributed by atoms with E-state index in [0.29, 0.717) is 19.4 Å². The average Bonchev–Trinajstić information content (AvgIpc) is 2.40. The number of carbonyl (C=O) groups is 2. The maximum atomic E-state index is 12.3. The van der Waals surface area contributed by atoms with Crippen LogP contribution in [-0.2, 0) is 9.59 Å². The summed E-state index contributed by atoms with van der Waals surface area (Å²) >= 11 is 0. The summed E-state index contributed by atoms with van der Waals surface area (Å²) in [6.07, 6.45) is 2.61. The third kappa shape index (κ3) is 2.61. The van der Waals surface area contributed by atoms with Crippen LogP contribution < -0.4 is 0 Å². The first-order valence-electron chi connectivity index (χ1n) is 6.42. The number of piperidine rings is 1. The van der Waals surface area contributed by atoms with E-state index in [9.17, 15) is 9.59 Å². The minimum Gasteiger partial charge on any atom is -0.282 e. The molecule has 18 heavy (non-hydrogen) atoms. The van der Waals surface area contributed by atoms with Crippen LogP contribution >= 0.6 is 0 Å². The molecule has 1 atom stereocenters. The number of amides is 2. The van der Waals surface area contributed by atoms with Gasteiger partial charge in [0.2, 0.25) is 11.8 Å². The summed E-state index contributed by atoms with van der Waals surface area (Å²) in [5, 5.41) is 0. The Morgan fingerprint density at radius 3 is 2.61 bits per heavy atom. The summed E-state index contributed by atoms with van der Waals surface area (Å²) in [6.45, 7) is 4.25. The largest absolute Gasteiger partial charge is 0.282 e. The second-order valence-corrected chi connectivity index (χ2v) is 4.59. The number of rotatable bonds is 4. The zero-order valence-electron chi connectivity index (χ0n) is 10.5. The van der Waals surface area contributed by atoms with Gasteiger partial charge in [0, 0.05) is 13.0 Å². The molecule has 0 saturated carbocycles. The van der Waals surface area contributed by atoms with Crippen LogP contribution in [0.3, 0.4) is 0 Å². The van der Waals surface area contributed by atoms with E-state index < -0.39 is 0 Å². The van der Waals surface area contributed by atoms with Gasteiger partial charge in [0.25, 0.3) is 0 Å². The van der Waals surface area contributed by atoms with Crippen molar-refractivity contribution >= 4 is 11.8 Å². The van der Waals surface area contributed by atoms with E-state index in [-0.39, 0.29) is 17.7 Å². The highest BCUT2D eigenvalue weighted by molar-refractivity contribution is 6.01. The molecule has 1 heterocycles. The summed E-state index contributed by atoms with van der Waals surface area (Å²) < 4.78 is 0. The van der Waals surface area contributed by atoms with Gasteiger partial charge in [0.15, 0.2) is 0 Å². The molecule has 1 aliphatic heterocycles. The lowest BCUT2D eigenvalue weighted by Crippen LogP contribution is -2.44. The first-order chi connectivity index (χ1) is 8.74. The Morgan fingerprint density at radius 1 is 1.22 bits per heavy atom. The molecule has 1 radical (unpaired) electrons. The number of likely N-dealkylation sites (tertiary alicyclic amines) is 1. The van der Waals surface area contributed by atoms with Gasteiger partial charge in [-0.25, -0.2) is 0 Å². The molecule has 0 spiro atoms. The predicted molar refractivity (Wildman–Crippen MR) is 69.7 cm³/mol. The maximum Gasteiger partial charge on any atom is 0.236 e. The minimum absolute atomic E-state index is 0.0411. The lowest BCUT2D eigenvalue weighted by molar-refractivity contribution is -0.149. The van der Waals surface area contributed by atoms with Gasteiger partial charge in [-0.3, -0.25) is 14.5 Å². The highest BCUT2D eigenvalue weighted by Gasteiger charge is 2.34. The van der Waals surface area contributed by atoms with Crippen molar-refractivity contribution in [3.8, 4) is 0 Å². The number of imide groups is 1. The molecule has 1 aliphatic rings. The Kier molecular flexibility index (Phi) is 4.13. The van der Waals surface area contributed by atoms with E-state index in [0.717, 1.165) is 18.4 Å². The van der Waals surface area contributed by atoms with E-state index in [1.54, 1.807) is 0 Å². The Bertz CT molecular complexity index is 427. The van der Waals surface area contributed by atoms with Crippen LogP contribution in [0.4, 0.5) is 0 Å². The van der Waals surface area contributed by atoms with E-state index in [4.69, 9.17) is 0 Å². The number of carbonyl (C=O) groups excluding carboxylic acids is 2. The number of hydrogen-bond acceptors (Lipinski definition) is 2. The fraction of sp³-hybridized carbons (Fsp3) is 0.400. The normalized spacial score (nSPS) is 20.3. The van der Waals surface area contributed by atoms with Crippen LogP contribution in [-0.4, -0.2) is 23.3 Å². The summed E-state index contributed by atoms with van der Waals surface area (Å²) in [5.74, 6) is -0.250. The van der Waals surface area contributed by atoms with Crippen molar-refractivity contribution in [2.75, 3.05) is 6.54 Å². The van der Waals surface area contributed by atoms with Gasteiger partial charge in [-0.2, -0.15) is 0 Å². The third-order valence-corrected chi connectivity index (χ3v) is 3.35. The molecule has 1 fully saturated rings. The highest BCUT2D eigenvalue weighted by atomic mass is 16.2. The van der Waals surface area contributed by atoms with Crippen molar-refractivity contribution in [2.24, 2.45) is 0 Å². The lowest BCUT2D eigenvalue weighted by Gasteiger charge is -2.30. The Hall–Kier alpha value is -1.64. The average molecular weight is 244 g/mol. The van der Waals surface area contributed by atoms with Gasteiger partial charge >= 0.3 is 0 Å². The summed E-state index contributed by atoms with van der Waals surface area (Å²) in [5.41, 5.74) is 1.01. The molecular weight excluding hydrogens is 226 g/mol. The van der Waals surface area contributed by atoms with E-state index in [2.05, 4.69) is 6.92 Å². The van der Waals surface area contributed by atoms with E-state index in [1.807, 2.05) is 30.3 Å². The molecule has 3 nitrogen and oxygen atoms in total. The van der Waals surface area contributed by atoms with Gasteiger partial charge in [-0.1, -0.05) is 43.7 Å². The molecule has 1 aromatic rings. The topological polar surface area (TPSA) is 37.4 Å². The molecule has 0 N–H and O–H groups in total.